The minimum Gasteiger partial charge on any atom is -0.329 e. The molecule has 0 bridgehead atoms. The van der Waals surface area contributed by atoms with Crippen molar-refractivity contribution in [2.45, 2.75) is 10.2 Å². The average Bonchev–Trinajstić information content (AvgIpc) is 2.63. The summed E-state index contributed by atoms with van der Waals surface area (Å²) in [5.41, 5.74) is 1.42. The second-order valence-corrected chi connectivity index (χ2v) is 3.94. The number of imidazole rings is 1. The number of hydrogen-bond donors (Lipinski definition) is 2. The van der Waals surface area contributed by atoms with Gasteiger partial charge in [0.2, 0.25) is 0 Å². The van der Waals surface area contributed by atoms with Crippen LogP contribution in [-0.2, 0) is 0 Å². The van der Waals surface area contributed by atoms with Gasteiger partial charge in [0.15, 0.2) is 10.8 Å². The fourth-order valence-corrected chi connectivity index (χ4v) is 1.90. The standard InChI is InChI=1S/C8H8N4S2/c1-2-3-14-8-11-6-5(7(13)12-8)9-4-10-6/h2,4H,1,3H2,(H2,9,10,11,12,13). The van der Waals surface area contributed by atoms with Crippen LogP contribution in [-0.4, -0.2) is 25.7 Å². The lowest BCUT2D eigenvalue weighted by molar-refractivity contribution is 0.927. The van der Waals surface area contributed by atoms with E-state index in [1.807, 2.05) is 6.08 Å². The van der Waals surface area contributed by atoms with Crippen LogP contribution >= 0.6 is 24.4 Å². The summed E-state index contributed by atoms with van der Waals surface area (Å²) < 4.78 is 0. The number of thioether (sulfide) groups is 1. The predicted octanol–water partition coefficient (Wildman–Crippen LogP) is 1.92. The van der Waals surface area contributed by atoms with Crippen molar-refractivity contribution in [3.63, 3.8) is 0 Å². The molecule has 2 aromatic rings. The Balaban J connectivity index is 2.42. The average molecular weight is 224 g/mol. The molecule has 0 aliphatic heterocycles. The highest BCUT2D eigenvalue weighted by atomic mass is 32.2. The molecule has 0 radical (unpaired) electrons. The smallest absolute Gasteiger partial charge is 0.191 e. The summed E-state index contributed by atoms with van der Waals surface area (Å²) in [5, 5.41) is 1.29. The van der Waals surface area contributed by atoms with Gasteiger partial charge in [0, 0.05) is 5.75 Å². The Morgan fingerprint density at radius 1 is 1.57 bits per heavy atom. The van der Waals surface area contributed by atoms with Crippen LogP contribution in [0.5, 0.6) is 0 Å². The van der Waals surface area contributed by atoms with Gasteiger partial charge in [0.05, 0.1) is 6.33 Å². The molecule has 72 valence electrons. The molecule has 0 unspecified atom stereocenters. The molecule has 6 heteroatoms. The van der Waals surface area contributed by atoms with E-state index in [0.717, 1.165) is 11.4 Å². The number of hydrogen-bond acceptors (Lipinski definition) is 5. The van der Waals surface area contributed by atoms with E-state index in [-0.39, 0.29) is 0 Å². The third-order valence-electron chi connectivity index (χ3n) is 1.57. The van der Waals surface area contributed by atoms with E-state index in [1.165, 1.54) is 11.8 Å². The largest absolute Gasteiger partial charge is 0.329 e. The summed E-state index contributed by atoms with van der Waals surface area (Å²) >= 11 is 5.75. The highest BCUT2D eigenvalue weighted by molar-refractivity contribution is 7.99. The van der Waals surface area contributed by atoms with Crippen molar-refractivity contribution < 1.29 is 0 Å². The molecule has 1 N–H and O–H groups in total. The number of rotatable bonds is 3. The highest BCUT2D eigenvalue weighted by Gasteiger charge is 2.06. The van der Waals surface area contributed by atoms with Crippen molar-refractivity contribution >= 4 is 35.6 Å². The summed E-state index contributed by atoms with van der Waals surface area (Å²) in [6, 6.07) is 0. The molecule has 0 atom stereocenters. The van der Waals surface area contributed by atoms with E-state index in [0.29, 0.717) is 15.7 Å². The fraction of sp³-hybridized carbons (Fsp3) is 0.125. The van der Waals surface area contributed by atoms with Crippen molar-refractivity contribution in [1.82, 2.24) is 19.9 Å². The zero-order valence-electron chi connectivity index (χ0n) is 7.27. The Kier molecular flexibility index (Phi) is 2.74. The lowest BCUT2D eigenvalue weighted by atomic mass is 10.6. The van der Waals surface area contributed by atoms with Crippen LogP contribution < -0.4 is 0 Å². The quantitative estimate of drug-likeness (QED) is 0.275. The van der Waals surface area contributed by atoms with E-state index in [4.69, 9.17) is 0 Å². The summed E-state index contributed by atoms with van der Waals surface area (Å²) in [6.07, 6.45) is 3.39. The van der Waals surface area contributed by atoms with E-state index >= 15 is 0 Å². The molecular formula is C8H8N4S2. The van der Waals surface area contributed by atoms with Crippen molar-refractivity contribution in [2.24, 2.45) is 0 Å². The molecule has 0 fully saturated rings. The Labute approximate surface area is 90.7 Å². The SMILES string of the molecule is C=CCSc1nc(S)c2nc[nH]c2n1. The van der Waals surface area contributed by atoms with Gasteiger partial charge >= 0.3 is 0 Å². The highest BCUT2D eigenvalue weighted by Crippen LogP contribution is 2.20. The number of fused-ring (bicyclic) bond motifs is 1. The third-order valence-corrected chi connectivity index (χ3v) is 2.73. The normalized spacial score (nSPS) is 10.6. The van der Waals surface area contributed by atoms with Gasteiger partial charge in [-0.2, -0.15) is 0 Å². The number of H-pyrrole nitrogens is 1. The number of aromatic amines is 1. The lowest BCUT2D eigenvalue weighted by Crippen LogP contribution is -1.90. The van der Waals surface area contributed by atoms with Crippen LogP contribution in [0.2, 0.25) is 0 Å². The van der Waals surface area contributed by atoms with Gasteiger partial charge < -0.3 is 4.98 Å². The minimum absolute atomic E-state index is 0.600. The molecule has 2 aromatic heterocycles. The Bertz CT molecular complexity index is 465. The first kappa shape index (κ1) is 9.54. The molecule has 2 rings (SSSR count). The topological polar surface area (TPSA) is 54.5 Å². The van der Waals surface area contributed by atoms with Gasteiger partial charge in [-0.3, -0.25) is 0 Å². The maximum atomic E-state index is 4.27. The molecule has 14 heavy (non-hydrogen) atoms. The molecule has 0 spiro atoms. The summed E-state index contributed by atoms with van der Waals surface area (Å²) in [6.45, 7) is 3.63. The monoisotopic (exact) mass is 224 g/mol. The van der Waals surface area contributed by atoms with Gasteiger partial charge in [0.25, 0.3) is 0 Å². The van der Waals surface area contributed by atoms with Crippen LogP contribution in [0.4, 0.5) is 0 Å². The van der Waals surface area contributed by atoms with Crippen LogP contribution in [0.15, 0.2) is 29.2 Å². The third kappa shape index (κ3) is 1.76. The number of nitrogens with one attached hydrogen (secondary N) is 1. The maximum absolute atomic E-state index is 4.27. The summed E-state index contributed by atoms with van der Waals surface area (Å²) in [4.78, 5) is 15.4. The lowest BCUT2D eigenvalue weighted by Gasteiger charge is -1.98. The minimum atomic E-state index is 0.600. The van der Waals surface area contributed by atoms with Crippen LogP contribution in [0.1, 0.15) is 0 Å². The van der Waals surface area contributed by atoms with Gasteiger partial charge in [-0.05, 0) is 0 Å². The van der Waals surface area contributed by atoms with E-state index in [1.54, 1.807) is 6.33 Å². The maximum Gasteiger partial charge on any atom is 0.191 e. The van der Waals surface area contributed by atoms with E-state index in [9.17, 15) is 0 Å². The molecule has 2 heterocycles. The first-order valence-corrected chi connectivity index (χ1v) is 5.38. The van der Waals surface area contributed by atoms with Crippen molar-refractivity contribution in [3.05, 3.63) is 19.0 Å². The summed E-state index contributed by atoms with van der Waals surface area (Å²) in [5.74, 6) is 0.785. The number of nitrogens with zero attached hydrogens (tertiary/aromatic N) is 3. The Morgan fingerprint density at radius 2 is 2.43 bits per heavy atom. The van der Waals surface area contributed by atoms with Gasteiger partial charge in [-0.1, -0.05) is 17.8 Å². The zero-order chi connectivity index (χ0) is 9.97. The van der Waals surface area contributed by atoms with E-state index < -0.39 is 0 Å². The van der Waals surface area contributed by atoms with Crippen LogP contribution in [0, 0.1) is 0 Å². The molecule has 0 aliphatic rings. The van der Waals surface area contributed by atoms with Crippen molar-refractivity contribution in [2.75, 3.05) is 5.75 Å². The summed E-state index contributed by atoms with van der Waals surface area (Å²) in [7, 11) is 0. The molecule has 0 amide bonds. The van der Waals surface area contributed by atoms with Crippen LogP contribution in [0.25, 0.3) is 11.2 Å². The van der Waals surface area contributed by atoms with Crippen molar-refractivity contribution in [3.8, 4) is 0 Å². The van der Waals surface area contributed by atoms with Gasteiger partial charge in [0.1, 0.15) is 10.5 Å². The fourth-order valence-electron chi connectivity index (χ4n) is 0.999. The number of aromatic nitrogens is 4. The molecule has 0 saturated heterocycles. The molecular weight excluding hydrogens is 216 g/mol. The predicted molar refractivity (Wildman–Crippen MR) is 59.9 cm³/mol. The first-order valence-electron chi connectivity index (χ1n) is 3.95. The molecule has 0 aliphatic carbocycles. The van der Waals surface area contributed by atoms with Crippen LogP contribution in [0.3, 0.4) is 0 Å². The second kappa shape index (κ2) is 4.02. The van der Waals surface area contributed by atoms with Crippen molar-refractivity contribution in [1.29, 1.82) is 0 Å². The zero-order valence-corrected chi connectivity index (χ0v) is 8.98. The van der Waals surface area contributed by atoms with Gasteiger partial charge in [-0.25, -0.2) is 15.0 Å². The second-order valence-electron chi connectivity index (χ2n) is 2.53. The molecule has 0 aromatic carbocycles. The number of thiol groups is 1. The van der Waals surface area contributed by atoms with Gasteiger partial charge in [-0.15, -0.1) is 19.2 Å². The van der Waals surface area contributed by atoms with E-state index in [2.05, 4.69) is 39.1 Å². The molecule has 4 nitrogen and oxygen atoms in total. The molecule has 0 saturated carbocycles. The first-order chi connectivity index (χ1) is 6.81. The Hall–Kier alpha value is -1.01. The Morgan fingerprint density at radius 3 is 3.21 bits per heavy atom.